The predicted molar refractivity (Wildman–Crippen MR) is 97.8 cm³/mol. The summed E-state index contributed by atoms with van der Waals surface area (Å²) < 4.78 is 15.9. The van der Waals surface area contributed by atoms with Crippen LogP contribution in [0, 0.1) is 0 Å². The summed E-state index contributed by atoms with van der Waals surface area (Å²) in [7, 11) is 1.69. The first-order valence-corrected chi connectivity index (χ1v) is 9.27. The van der Waals surface area contributed by atoms with Gasteiger partial charge in [-0.25, -0.2) is 0 Å². The third kappa shape index (κ3) is 4.66. The summed E-state index contributed by atoms with van der Waals surface area (Å²) in [5, 5.41) is 0.401. The van der Waals surface area contributed by atoms with E-state index in [1.54, 1.807) is 18.2 Å². The van der Waals surface area contributed by atoms with E-state index in [-0.39, 0.29) is 20.2 Å². The second-order valence-electron chi connectivity index (χ2n) is 5.49. The van der Waals surface area contributed by atoms with E-state index in [0.717, 1.165) is 18.4 Å². The molecule has 0 aliphatic rings. The van der Waals surface area contributed by atoms with E-state index < -0.39 is 0 Å². The van der Waals surface area contributed by atoms with Crippen LogP contribution in [0.5, 0.6) is 5.75 Å². The molecule has 0 amide bonds. The third-order valence-corrected chi connectivity index (χ3v) is 4.77. The van der Waals surface area contributed by atoms with Crippen LogP contribution in [0.3, 0.4) is 0 Å². The Kier molecular flexibility index (Phi) is 7.42. The fourth-order valence-electron chi connectivity index (χ4n) is 2.75. The minimum atomic E-state index is -0.289. The molecule has 1 atom stereocenters. The zero-order chi connectivity index (χ0) is 17.4. The second-order valence-corrected chi connectivity index (χ2v) is 6.61. The lowest BCUT2D eigenvalue weighted by Gasteiger charge is -2.18. The molecule has 3 nitrogen and oxygen atoms in total. The van der Waals surface area contributed by atoms with Crippen LogP contribution < -0.4 is 4.74 Å². The Morgan fingerprint density at radius 1 is 1.12 bits per heavy atom. The van der Waals surface area contributed by atoms with Gasteiger partial charge >= 0.3 is 0 Å². The van der Waals surface area contributed by atoms with Gasteiger partial charge in [-0.05, 0) is 30.5 Å². The number of carbonyl (C=O) groups excluding carboxylic acids is 1. The van der Waals surface area contributed by atoms with Crippen LogP contribution in [-0.4, -0.2) is 19.1 Å². The summed E-state index contributed by atoms with van der Waals surface area (Å²) in [6.45, 7) is 0. The van der Waals surface area contributed by atoms with Gasteiger partial charge in [-0.1, -0.05) is 54.4 Å². The van der Waals surface area contributed by atoms with E-state index >= 15 is 0 Å². The quantitative estimate of drug-likeness (QED) is 0.323. The molecular formula is C19H20ClO3P. The summed E-state index contributed by atoms with van der Waals surface area (Å²) in [5.41, 5.74) is 1.39. The molecule has 0 aliphatic heterocycles. The predicted octanol–water partition coefficient (Wildman–Crippen LogP) is 5.78. The summed E-state index contributed by atoms with van der Waals surface area (Å²) in [6, 6.07) is 14.9. The summed E-state index contributed by atoms with van der Waals surface area (Å²) >= 11 is 6.28. The van der Waals surface area contributed by atoms with Gasteiger partial charge in [0.15, 0.2) is 14.2 Å². The van der Waals surface area contributed by atoms with Gasteiger partial charge in [-0.2, -0.15) is 0 Å². The first-order valence-electron chi connectivity index (χ1n) is 7.89. The maximum atomic E-state index is 13.2. The minimum absolute atomic E-state index is 0.0386. The number of carbonyl (C=O) groups is 1. The molecule has 0 N–H and O–H groups in total. The lowest BCUT2D eigenvalue weighted by atomic mass is 9.86. The summed E-state index contributed by atoms with van der Waals surface area (Å²) in [5.74, 6) is 0.165. The number of unbranched alkanes of at least 4 members (excludes halogenated alkanes) is 1. The van der Waals surface area contributed by atoms with Gasteiger partial charge in [-0.3, -0.25) is 9.36 Å². The van der Waals surface area contributed by atoms with Gasteiger partial charge in [0, 0.05) is 12.1 Å². The van der Waals surface area contributed by atoms with Gasteiger partial charge in [0.2, 0.25) is 0 Å². The van der Waals surface area contributed by atoms with Gasteiger partial charge in [0.05, 0.1) is 17.7 Å². The zero-order valence-electron chi connectivity index (χ0n) is 13.6. The Bertz CT molecular complexity index is 688. The Morgan fingerprint density at radius 3 is 2.54 bits per heavy atom. The van der Waals surface area contributed by atoms with E-state index in [4.69, 9.17) is 16.3 Å². The normalized spacial score (nSPS) is 12.1. The van der Waals surface area contributed by atoms with Crippen LogP contribution in [0.15, 0.2) is 48.5 Å². The number of halogens is 1. The van der Waals surface area contributed by atoms with Crippen molar-refractivity contribution in [1.29, 1.82) is 0 Å². The smallest absolute Gasteiger partial charge is 0.175 e. The molecular weight excluding hydrogens is 343 g/mol. The molecule has 126 valence electrons. The van der Waals surface area contributed by atoms with E-state index in [0.29, 0.717) is 28.9 Å². The number of methoxy groups -OCH3 is 1. The molecule has 0 aliphatic carbocycles. The molecule has 2 aromatic rings. The largest absolute Gasteiger partial charge is 0.496 e. The first-order chi connectivity index (χ1) is 11.7. The molecule has 0 saturated carbocycles. The molecule has 0 spiro atoms. The fraction of sp³-hybridized carbons (Fsp3) is 0.316. The minimum Gasteiger partial charge on any atom is -0.496 e. The van der Waals surface area contributed by atoms with Crippen molar-refractivity contribution in [3.05, 3.63) is 64.7 Å². The second kappa shape index (κ2) is 9.56. The molecule has 0 heterocycles. The highest BCUT2D eigenvalue weighted by molar-refractivity contribution is 7.23. The van der Waals surface area contributed by atoms with Crippen molar-refractivity contribution in [2.45, 2.75) is 25.2 Å². The number of benzene rings is 2. The molecule has 5 heteroatoms. The van der Waals surface area contributed by atoms with Crippen LogP contribution in [-0.2, 0) is 4.57 Å². The van der Waals surface area contributed by atoms with E-state index in [1.165, 1.54) is 7.11 Å². The number of Topliss-reactive ketones (excluding diaryl/α,β-unsaturated/α-hetero) is 1. The Morgan fingerprint density at radius 2 is 1.88 bits per heavy atom. The average molecular weight is 363 g/mol. The molecule has 24 heavy (non-hydrogen) atoms. The Balaban J connectivity index is 2.32. The molecule has 2 rings (SSSR count). The molecule has 1 unspecified atom stereocenters. The first kappa shape index (κ1) is 18.6. The van der Waals surface area contributed by atoms with Gasteiger partial charge < -0.3 is 4.74 Å². The number of ketones is 1. The van der Waals surface area contributed by atoms with Gasteiger partial charge in [-0.15, -0.1) is 0 Å². The van der Waals surface area contributed by atoms with Crippen molar-refractivity contribution >= 4 is 25.8 Å². The Hall–Kier alpha value is -1.70. The van der Waals surface area contributed by atoms with Crippen molar-refractivity contribution < 1.29 is 14.1 Å². The highest BCUT2D eigenvalue weighted by atomic mass is 35.5. The summed E-state index contributed by atoms with van der Waals surface area (Å²) in [6.07, 6.45) is 2.95. The lowest BCUT2D eigenvalue weighted by Crippen LogP contribution is -2.15. The van der Waals surface area contributed by atoms with Crippen molar-refractivity contribution in [2.24, 2.45) is 0 Å². The summed E-state index contributed by atoms with van der Waals surface area (Å²) in [4.78, 5) is 13.2. The zero-order valence-corrected chi connectivity index (χ0v) is 15.2. The molecule has 0 fully saturated rings. The van der Waals surface area contributed by atoms with Crippen LogP contribution in [0.2, 0.25) is 5.02 Å². The van der Waals surface area contributed by atoms with Crippen LogP contribution in [0.1, 0.15) is 41.1 Å². The maximum Gasteiger partial charge on any atom is 0.175 e. The van der Waals surface area contributed by atoms with Crippen molar-refractivity contribution in [3.63, 3.8) is 0 Å². The fourth-order valence-corrected chi connectivity index (χ4v) is 3.36. The standard InChI is InChI=1S/C19H20ClO3P/c1-23-17-12-7-11-16(20)18(17)19(21)15(10-5-6-13-24-22)14-8-3-2-4-9-14/h2-4,7-9,11-12,15H,5-6,10,13H2,1H3. The Labute approximate surface area is 149 Å². The molecule has 0 bridgehead atoms. The SMILES string of the molecule is COc1cccc(Cl)c1C(=O)C(CCCCP=O)c1ccccc1. The van der Waals surface area contributed by atoms with E-state index in [1.807, 2.05) is 30.3 Å². The van der Waals surface area contributed by atoms with E-state index in [9.17, 15) is 9.36 Å². The van der Waals surface area contributed by atoms with Crippen LogP contribution in [0.4, 0.5) is 0 Å². The lowest BCUT2D eigenvalue weighted by molar-refractivity contribution is 0.0951. The molecule has 0 aromatic heterocycles. The topological polar surface area (TPSA) is 43.4 Å². The average Bonchev–Trinajstić information content (AvgIpc) is 2.61. The highest BCUT2D eigenvalue weighted by Crippen LogP contribution is 2.34. The van der Waals surface area contributed by atoms with Crippen molar-refractivity contribution in [1.82, 2.24) is 0 Å². The van der Waals surface area contributed by atoms with Crippen LogP contribution in [0.25, 0.3) is 0 Å². The van der Waals surface area contributed by atoms with Crippen molar-refractivity contribution in [3.8, 4) is 5.75 Å². The van der Waals surface area contributed by atoms with Gasteiger partial charge in [0.25, 0.3) is 0 Å². The molecule has 0 saturated heterocycles. The van der Waals surface area contributed by atoms with E-state index in [2.05, 4.69) is 0 Å². The van der Waals surface area contributed by atoms with Gasteiger partial charge in [0.1, 0.15) is 5.75 Å². The van der Waals surface area contributed by atoms with Crippen molar-refractivity contribution in [2.75, 3.05) is 13.3 Å². The highest BCUT2D eigenvalue weighted by Gasteiger charge is 2.26. The monoisotopic (exact) mass is 362 g/mol. The number of rotatable bonds is 9. The third-order valence-electron chi connectivity index (χ3n) is 3.95. The molecule has 0 radical (unpaired) electrons. The number of hydrogen-bond donors (Lipinski definition) is 0. The van der Waals surface area contributed by atoms with Crippen LogP contribution >= 0.6 is 20.1 Å². The maximum absolute atomic E-state index is 13.2. The molecule has 2 aromatic carbocycles. The number of ether oxygens (including phenoxy) is 1. The number of hydrogen-bond acceptors (Lipinski definition) is 3.